The molecule has 1 aromatic carbocycles. The second-order valence-electron chi connectivity index (χ2n) is 6.08. The predicted octanol–water partition coefficient (Wildman–Crippen LogP) is 2.01. The van der Waals surface area contributed by atoms with Crippen LogP contribution in [0.2, 0.25) is 0 Å². The average Bonchev–Trinajstić information content (AvgIpc) is 2.45. The minimum absolute atomic E-state index is 0.00334. The average molecular weight is 324 g/mol. The monoisotopic (exact) mass is 324 g/mol. The van der Waals surface area contributed by atoms with Gasteiger partial charge in [-0.2, -0.15) is 5.26 Å². The predicted molar refractivity (Wildman–Crippen MR) is 80.9 cm³/mol. The molecule has 0 aliphatic carbocycles. The van der Waals surface area contributed by atoms with E-state index in [-0.39, 0.29) is 24.1 Å². The summed E-state index contributed by atoms with van der Waals surface area (Å²) < 4.78 is 18.7. The zero-order chi connectivity index (χ0) is 17.6. The molecule has 2 unspecified atom stereocenters. The van der Waals surface area contributed by atoms with Crippen molar-refractivity contribution in [3.05, 3.63) is 35.1 Å². The SMILES string of the molecule is CC(C)(C)OC(=O)NCCC(O)C(O)c1cc(C#N)ccc1F. The molecule has 1 rings (SSSR count). The summed E-state index contributed by atoms with van der Waals surface area (Å²) in [6.07, 6.45) is -3.44. The fourth-order valence-electron chi connectivity index (χ4n) is 1.84. The highest BCUT2D eigenvalue weighted by Crippen LogP contribution is 2.23. The molecule has 7 heteroatoms. The van der Waals surface area contributed by atoms with Gasteiger partial charge in [0.05, 0.1) is 17.7 Å². The smallest absolute Gasteiger partial charge is 0.407 e. The van der Waals surface area contributed by atoms with Gasteiger partial charge in [-0.3, -0.25) is 0 Å². The number of benzene rings is 1. The normalized spacial score (nSPS) is 13.8. The Bertz CT molecular complexity index is 593. The minimum atomic E-state index is -1.50. The summed E-state index contributed by atoms with van der Waals surface area (Å²) in [4.78, 5) is 11.4. The Hall–Kier alpha value is -2.17. The molecule has 2 atom stereocenters. The molecule has 0 bridgehead atoms. The largest absolute Gasteiger partial charge is 0.444 e. The molecule has 0 heterocycles. The maximum atomic E-state index is 13.7. The topological polar surface area (TPSA) is 103 Å². The first-order chi connectivity index (χ1) is 10.6. The van der Waals surface area contributed by atoms with Crippen molar-refractivity contribution in [3.63, 3.8) is 0 Å². The molecular formula is C16H21FN2O4. The van der Waals surface area contributed by atoms with Crippen molar-refractivity contribution in [2.45, 2.75) is 45.0 Å². The maximum Gasteiger partial charge on any atom is 0.407 e. The van der Waals surface area contributed by atoms with E-state index in [1.807, 2.05) is 6.07 Å². The van der Waals surface area contributed by atoms with Crippen LogP contribution in [0, 0.1) is 17.1 Å². The molecule has 126 valence electrons. The maximum absolute atomic E-state index is 13.7. The van der Waals surface area contributed by atoms with Gasteiger partial charge in [0, 0.05) is 12.1 Å². The quantitative estimate of drug-likeness (QED) is 0.769. The summed E-state index contributed by atoms with van der Waals surface area (Å²) in [6, 6.07) is 5.36. The van der Waals surface area contributed by atoms with E-state index in [1.165, 1.54) is 12.1 Å². The number of ether oxygens (including phenoxy) is 1. The molecule has 0 aliphatic heterocycles. The highest BCUT2D eigenvalue weighted by molar-refractivity contribution is 5.67. The van der Waals surface area contributed by atoms with Gasteiger partial charge in [-0.05, 0) is 45.4 Å². The number of hydrogen-bond donors (Lipinski definition) is 3. The van der Waals surface area contributed by atoms with Crippen LogP contribution in [0.3, 0.4) is 0 Å². The summed E-state index contributed by atoms with van der Waals surface area (Å²) >= 11 is 0. The first kappa shape index (κ1) is 18.9. The summed E-state index contributed by atoms with van der Waals surface area (Å²) in [5.41, 5.74) is -0.614. The number of alkyl carbamates (subject to hydrolysis) is 1. The Balaban J connectivity index is 2.57. The lowest BCUT2D eigenvalue weighted by Gasteiger charge is -2.21. The minimum Gasteiger partial charge on any atom is -0.444 e. The van der Waals surface area contributed by atoms with Crippen LogP contribution < -0.4 is 5.32 Å². The molecule has 1 amide bonds. The van der Waals surface area contributed by atoms with Crippen LogP contribution >= 0.6 is 0 Å². The molecule has 3 N–H and O–H groups in total. The number of nitriles is 1. The first-order valence-corrected chi connectivity index (χ1v) is 7.16. The van der Waals surface area contributed by atoms with Crippen molar-refractivity contribution in [2.75, 3.05) is 6.54 Å². The highest BCUT2D eigenvalue weighted by Gasteiger charge is 2.22. The van der Waals surface area contributed by atoms with Crippen LogP contribution in [0.4, 0.5) is 9.18 Å². The van der Waals surface area contributed by atoms with E-state index in [9.17, 15) is 19.4 Å². The van der Waals surface area contributed by atoms with Crippen LogP contribution in [-0.4, -0.2) is 34.6 Å². The van der Waals surface area contributed by atoms with Gasteiger partial charge in [-0.1, -0.05) is 0 Å². The molecule has 0 aliphatic rings. The number of nitrogens with one attached hydrogen (secondary N) is 1. The van der Waals surface area contributed by atoms with Crippen molar-refractivity contribution < 1.29 is 24.1 Å². The van der Waals surface area contributed by atoms with Gasteiger partial charge >= 0.3 is 6.09 Å². The van der Waals surface area contributed by atoms with Gasteiger partial charge in [-0.25, -0.2) is 9.18 Å². The zero-order valence-corrected chi connectivity index (χ0v) is 13.3. The lowest BCUT2D eigenvalue weighted by molar-refractivity contribution is 0.0103. The van der Waals surface area contributed by atoms with Gasteiger partial charge in [0.15, 0.2) is 0 Å². The standard InChI is InChI=1S/C16H21FN2O4/c1-16(2,3)23-15(22)19-7-6-13(20)14(21)11-8-10(9-18)4-5-12(11)17/h4-5,8,13-14,20-21H,6-7H2,1-3H3,(H,19,22). The number of nitrogens with zero attached hydrogens (tertiary/aromatic N) is 1. The molecule has 6 nitrogen and oxygen atoms in total. The van der Waals surface area contributed by atoms with Crippen LogP contribution in [0.1, 0.15) is 44.4 Å². The van der Waals surface area contributed by atoms with Crippen molar-refractivity contribution in [1.29, 1.82) is 5.26 Å². The lowest BCUT2D eigenvalue weighted by atomic mass is 10.00. The molecule has 0 radical (unpaired) electrons. The van der Waals surface area contributed by atoms with E-state index in [0.29, 0.717) is 0 Å². The van der Waals surface area contributed by atoms with E-state index < -0.39 is 29.7 Å². The van der Waals surface area contributed by atoms with Crippen molar-refractivity contribution in [2.24, 2.45) is 0 Å². The van der Waals surface area contributed by atoms with Crippen molar-refractivity contribution >= 4 is 6.09 Å². The number of aliphatic hydroxyl groups is 2. The van der Waals surface area contributed by atoms with E-state index >= 15 is 0 Å². The van der Waals surface area contributed by atoms with Gasteiger partial charge in [0.2, 0.25) is 0 Å². The number of hydrogen-bond acceptors (Lipinski definition) is 5. The summed E-state index contributed by atoms with van der Waals surface area (Å²) in [5, 5.41) is 31.1. The Kier molecular flexibility index (Phi) is 6.49. The van der Waals surface area contributed by atoms with Crippen molar-refractivity contribution in [1.82, 2.24) is 5.32 Å². The third-order valence-electron chi connectivity index (χ3n) is 2.92. The molecular weight excluding hydrogens is 303 g/mol. The summed E-state index contributed by atoms with van der Waals surface area (Å²) in [6.45, 7) is 5.20. The fraction of sp³-hybridized carbons (Fsp3) is 0.500. The Morgan fingerprint density at radius 2 is 2.09 bits per heavy atom. The highest BCUT2D eigenvalue weighted by atomic mass is 19.1. The molecule has 0 aromatic heterocycles. The molecule has 23 heavy (non-hydrogen) atoms. The second kappa shape index (κ2) is 7.90. The van der Waals surface area contributed by atoms with Crippen LogP contribution in [0.5, 0.6) is 0 Å². The number of carbonyl (C=O) groups is 1. The Morgan fingerprint density at radius 3 is 2.65 bits per heavy atom. The van der Waals surface area contributed by atoms with Crippen molar-refractivity contribution in [3.8, 4) is 6.07 Å². The fourth-order valence-corrected chi connectivity index (χ4v) is 1.84. The summed E-state index contributed by atoms with van der Waals surface area (Å²) in [7, 11) is 0. The molecule has 0 saturated heterocycles. The number of carbonyl (C=O) groups excluding carboxylic acids is 1. The van der Waals surface area contributed by atoms with E-state index in [4.69, 9.17) is 10.00 Å². The van der Waals surface area contributed by atoms with Crippen LogP contribution in [0.25, 0.3) is 0 Å². The second-order valence-corrected chi connectivity index (χ2v) is 6.08. The Labute approximate surface area is 134 Å². The van der Waals surface area contributed by atoms with Gasteiger partial charge in [0.1, 0.15) is 17.5 Å². The number of halogens is 1. The molecule has 0 fully saturated rings. The zero-order valence-electron chi connectivity index (χ0n) is 13.3. The van der Waals surface area contributed by atoms with E-state index in [2.05, 4.69) is 5.32 Å². The van der Waals surface area contributed by atoms with Crippen LogP contribution in [0.15, 0.2) is 18.2 Å². The van der Waals surface area contributed by atoms with Gasteiger partial charge in [0.25, 0.3) is 0 Å². The van der Waals surface area contributed by atoms with E-state index in [0.717, 1.165) is 6.07 Å². The van der Waals surface area contributed by atoms with E-state index in [1.54, 1.807) is 20.8 Å². The number of aliphatic hydroxyl groups excluding tert-OH is 2. The number of rotatable bonds is 5. The number of amides is 1. The lowest BCUT2D eigenvalue weighted by Crippen LogP contribution is -2.34. The first-order valence-electron chi connectivity index (χ1n) is 7.16. The van der Waals surface area contributed by atoms with Crippen LogP contribution in [-0.2, 0) is 4.74 Å². The third-order valence-corrected chi connectivity index (χ3v) is 2.92. The van der Waals surface area contributed by atoms with Gasteiger partial charge < -0.3 is 20.3 Å². The summed E-state index contributed by atoms with van der Waals surface area (Å²) in [5.74, 6) is -0.712. The molecule has 0 saturated carbocycles. The molecule has 1 aromatic rings. The molecule has 0 spiro atoms. The Morgan fingerprint density at radius 1 is 1.43 bits per heavy atom. The van der Waals surface area contributed by atoms with Gasteiger partial charge in [-0.15, -0.1) is 0 Å². The third kappa shape index (κ3) is 6.22.